The Morgan fingerprint density at radius 1 is 1.17 bits per heavy atom. The van der Waals surface area contributed by atoms with Crippen LogP contribution in [0.1, 0.15) is 28.4 Å². The van der Waals surface area contributed by atoms with Crippen molar-refractivity contribution in [2.45, 2.75) is 13.5 Å². The lowest BCUT2D eigenvalue weighted by Gasteiger charge is -2.36. The molecule has 2 aromatic carbocycles. The molecule has 1 aliphatic heterocycles. The summed E-state index contributed by atoms with van der Waals surface area (Å²) in [7, 11) is 1.24. The first-order valence-electron chi connectivity index (χ1n) is 9.56. The van der Waals surface area contributed by atoms with Crippen LogP contribution in [0.4, 0.5) is 10.1 Å². The number of anilines is 1. The van der Waals surface area contributed by atoms with Gasteiger partial charge >= 0.3 is 5.97 Å². The number of piperazine rings is 1. The highest BCUT2D eigenvalue weighted by Gasteiger charge is 2.19. The molecule has 29 heavy (non-hydrogen) atoms. The Morgan fingerprint density at radius 3 is 2.55 bits per heavy atom. The van der Waals surface area contributed by atoms with Gasteiger partial charge in [-0.2, -0.15) is 5.26 Å². The second-order valence-corrected chi connectivity index (χ2v) is 6.79. The number of hydrogen-bond donors (Lipinski definition) is 0. The number of benzene rings is 2. The molecule has 2 aromatic rings. The molecule has 152 valence electrons. The van der Waals surface area contributed by atoms with Crippen LogP contribution < -0.4 is 9.64 Å². The minimum absolute atomic E-state index is 0.0491. The van der Waals surface area contributed by atoms with Crippen molar-refractivity contribution in [3.05, 3.63) is 58.9 Å². The number of carbonyl (C=O) groups is 1. The quantitative estimate of drug-likeness (QED) is 0.698. The van der Waals surface area contributed by atoms with E-state index in [4.69, 9.17) is 4.74 Å². The summed E-state index contributed by atoms with van der Waals surface area (Å²) in [5, 5.41) is 9.20. The van der Waals surface area contributed by atoms with Crippen molar-refractivity contribution in [1.29, 1.82) is 5.26 Å². The van der Waals surface area contributed by atoms with Crippen LogP contribution in [-0.2, 0) is 11.3 Å². The third-order valence-electron chi connectivity index (χ3n) is 4.97. The molecule has 0 amide bonds. The summed E-state index contributed by atoms with van der Waals surface area (Å²) in [6, 6.07) is 12.4. The predicted molar refractivity (Wildman–Crippen MR) is 108 cm³/mol. The molecule has 0 N–H and O–H groups in total. The molecule has 6 nitrogen and oxygen atoms in total. The van der Waals surface area contributed by atoms with Gasteiger partial charge in [0.15, 0.2) is 0 Å². The summed E-state index contributed by atoms with van der Waals surface area (Å²) in [4.78, 5) is 16.0. The average molecular weight is 397 g/mol. The molecule has 0 unspecified atom stereocenters. The molecular weight excluding hydrogens is 373 g/mol. The van der Waals surface area contributed by atoms with Crippen molar-refractivity contribution in [1.82, 2.24) is 4.90 Å². The second kappa shape index (κ2) is 9.39. The fourth-order valence-corrected chi connectivity index (χ4v) is 3.43. The molecule has 3 rings (SSSR count). The van der Waals surface area contributed by atoms with Gasteiger partial charge in [-0.1, -0.05) is 6.07 Å². The highest BCUT2D eigenvalue weighted by Crippen LogP contribution is 2.26. The first kappa shape index (κ1) is 20.6. The van der Waals surface area contributed by atoms with Crippen molar-refractivity contribution in [3.8, 4) is 11.8 Å². The van der Waals surface area contributed by atoms with Gasteiger partial charge in [-0.15, -0.1) is 0 Å². The van der Waals surface area contributed by atoms with Crippen LogP contribution in [0.3, 0.4) is 0 Å². The van der Waals surface area contributed by atoms with Gasteiger partial charge in [0.1, 0.15) is 17.6 Å². The van der Waals surface area contributed by atoms with E-state index < -0.39 is 11.8 Å². The molecule has 1 saturated heterocycles. The molecular formula is C22H24FN3O3. The number of nitrogens with zero attached hydrogens (tertiary/aromatic N) is 3. The summed E-state index contributed by atoms with van der Waals surface area (Å²) < 4.78 is 24.3. The topological polar surface area (TPSA) is 65.8 Å². The minimum atomic E-state index is -0.670. The normalized spacial score (nSPS) is 14.3. The number of halogens is 1. The van der Waals surface area contributed by atoms with Gasteiger partial charge < -0.3 is 14.4 Å². The van der Waals surface area contributed by atoms with E-state index in [-0.39, 0.29) is 5.56 Å². The van der Waals surface area contributed by atoms with Gasteiger partial charge in [0.05, 0.1) is 24.8 Å². The average Bonchev–Trinajstić information content (AvgIpc) is 2.74. The summed E-state index contributed by atoms with van der Waals surface area (Å²) in [6.45, 7) is 6.31. The SMILES string of the molecule is CCOc1cc(N2CCN(Cc3ccc(C(=O)OC)c(F)c3)CC2)ccc1C#N. The van der Waals surface area contributed by atoms with E-state index >= 15 is 0 Å². The summed E-state index contributed by atoms with van der Waals surface area (Å²) in [5.41, 5.74) is 2.33. The van der Waals surface area contributed by atoms with Crippen LogP contribution in [-0.4, -0.2) is 50.8 Å². The van der Waals surface area contributed by atoms with E-state index in [0.29, 0.717) is 24.5 Å². The van der Waals surface area contributed by atoms with Crippen LogP contribution in [0.5, 0.6) is 5.75 Å². The maximum atomic E-state index is 14.1. The predicted octanol–water partition coefficient (Wildman–Crippen LogP) is 3.20. The first-order chi connectivity index (χ1) is 14.0. The number of hydrogen-bond acceptors (Lipinski definition) is 6. The Kier molecular flexibility index (Phi) is 6.68. The van der Waals surface area contributed by atoms with Gasteiger partial charge in [0.25, 0.3) is 0 Å². The smallest absolute Gasteiger partial charge is 0.340 e. The van der Waals surface area contributed by atoms with Crippen LogP contribution in [0.25, 0.3) is 0 Å². The first-order valence-corrected chi connectivity index (χ1v) is 9.56. The number of rotatable bonds is 6. The third-order valence-corrected chi connectivity index (χ3v) is 4.97. The second-order valence-electron chi connectivity index (χ2n) is 6.79. The number of nitriles is 1. The van der Waals surface area contributed by atoms with Gasteiger partial charge in [0.2, 0.25) is 0 Å². The lowest BCUT2D eigenvalue weighted by atomic mass is 10.1. The summed E-state index contributed by atoms with van der Waals surface area (Å²) in [6.07, 6.45) is 0. The molecule has 1 fully saturated rings. The van der Waals surface area contributed by atoms with Crippen LogP contribution in [0, 0.1) is 17.1 Å². The molecule has 0 radical (unpaired) electrons. The lowest BCUT2D eigenvalue weighted by Crippen LogP contribution is -2.46. The van der Waals surface area contributed by atoms with Crippen molar-refractivity contribution in [3.63, 3.8) is 0 Å². The third kappa shape index (κ3) is 4.84. The fraction of sp³-hybridized carbons (Fsp3) is 0.364. The highest BCUT2D eigenvalue weighted by molar-refractivity contribution is 5.89. The van der Waals surface area contributed by atoms with Crippen molar-refractivity contribution in [2.24, 2.45) is 0 Å². The van der Waals surface area contributed by atoms with E-state index in [1.165, 1.54) is 19.2 Å². The Balaban J connectivity index is 1.61. The standard InChI is InChI=1S/C22H24FN3O3/c1-3-29-21-13-18(6-5-17(21)14-24)26-10-8-25(9-11-26)15-16-4-7-19(20(23)12-16)22(27)28-2/h4-7,12-13H,3,8-11,15H2,1-2H3. The number of esters is 1. The van der Waals surface area contributed by atoms with Crippen LogP contribution >= 0.6 is 0 Å². The molecule has 1 heterocycles. The fourth-order valence-electron chi connectivity index (χ4n) is 3.43. The Bertz CT molecular complexity index is 918. The van der Waals surface area contributed by atoms with Crippen molar-refractivity contribution in [2.75, 3.05) is 44.8 Å². The monoisotopic (exact) mass is 397 g/mol. The van der Waals surface area contributed by atoms with Gasteiger partial charge in [-0.3, -0.25) is 4.90 Å². The molecule has 0 saturated carbocycles. The molecule has 7 heteroatoms. The van der Waals surface area contributed by atoms with E-state index in [9.17, 15) is 14.4 Å². The van der Waals surface area contributed by atoms with Crippen molar-refractivity contribution < 1.29 is 18.7 Å². The largest absolute Gasteiger partial charge is 0.492 e. The zero-order chi connectivity index (χ0) is 20.8. The highest BCUT2D eigenvalue weighted by atomic mass is 19.1. The van der Waals surface area contributed by atoms with Crippen molar-refractivity contribution >= 4 is 11.7 Å². The van der Waals surface area contributed by atoms with Gasteiger partial charge in [-0.25, -0.2) is 9.18 Å². The molecule has 0 spiro atoms. The van der Waals surface area contributed by atoms with E-state index in [2.05, 4.69) is 20.6 Å². The minimum Gasteiger partial charge on any atom is -0.492 e. The lowest BCUT2D eigenvalue weighted by molar-refractivity contribution is 0.0595. The maximum absolute atomic E-state index is 14.1. The molecule has 0 atom stereocenters. The number of ether oxygens (including phenoxy) is 2. The molecule has 0 bridgehead atoms. The van der Waals surface area contributed by atoms with E-state index in [1.807, 2.05) is 19.1 Å². The molecule has 0 aliphatic carbocycles. The van der Waals surface area contributed by atoms with E-state index in [1.54, 1.807) is 12.1 Å². The maximum Gasteiger partial charge on any atom is 0.340 e. The summed E-state index contributed by atoms with van der Waals surface area (Å²) >= 11 is 0. The zero-order valence-corrected chi connectivity index (χ0v) is 16.7. The van der Waals surface area contributed by atoms with E-state index in [0.717, 1.165) is 37.4 Å². The van der Waals surface area contributed by atoms with Crippen LogP contribution in [0.2, 0.25) is 0 Å². The Hall–Kier alpha value is -3.11. The molecule has 0 aromatic heterocycles. The Morgan fingerprint density at radius 2 is 1.93 bits per heavy atom. The summed E-state index contributed by atoms with van der Waals surface area (Å²) in [5.74, 6) is -0.623. The van der Waals surface area contributed by atoms with Gasteiger partial charge in [0, 0.05) is 44.5 Å². The number of methoxy groups -OCH3 is 1. The Labute approximate surface area is 170 Å². The number of carbonyl (C=O) groups excluding carboxylic acids is 1. The zero-order valence-electron chi connectivity index (χ0n) is 16.7. The molecule has 1 aliphatic rings. The van der Waals surface area contributed by atoms with Gasteiger partial charge in [-0.05, 0) is 36.8 Å². The van der Waals surface area contributed by atoms with Crippen LogP contribution in [0.15, 0.2) is 36.4 Å².